The van der Waals surface area contributed by atoms with Crippen LogP contribution in [-0.2, 0) is 0 Å². The molecule has 3 rings (SSSR count). The van der Waals surface area contributed by atoms with Crippen LogP contribution in [0.2, 0.25) is 10.0 Å². The van der Waals surface area contributed by atoms with Gasteiger partial charge in [-0.2, -0.15) is 10.5 Å². The van der Waals surface area contributed by atoms with Crippen LogP contribution in [0.5, 0.6) is 0 Å². The molecule has 1 atom stereocenters. The topological polar surface area (TPSA) is 68.6 Å². The number of hydrogen-bond donors (Lipinski definition) is 0. The maximum Gasteiger partial charge on any atom is 0.130 e. The van der Waals surface area contributed by atoms with Crippen LogP contribution in [0, 0.1) is 22.7 Å². The van der Waals surface area contributed by atoms with Gasteiger partial charge in [-0.25, -0.2) is 4.98 Å². The van der Waals surface area contributed by atoms with E-state index in [1.165, 1.54) is 0 Å². The Bertz CT molecular complexity index is 1060. The lowest BCUT2D eigenvalue weighted by molar-refractivity contribution is 0.454. The van der Waals surface area contributed by atoms with Crippen molar-refractivity contribution < 1.29 is 0 Å². The Labute approximate surface area is 180 Å². The SMILES string of the molecule is CCC(N(CCC#N)c1ccccn1)n1cc(C#N)c(-c2cccc(Cl)c2Cl)c1. The molecule has 29 heavy (non-hydrogen) atoms. The lowest BCUT2D eigenvalue weighted by atomic mass is 10.1. The number of rotatable bonds is 7. The fourth-order valence-electron chi connectivity index (χ4n) is 3.36. The fourth-order valence-corrected chi connectivity index (χ4v) is 3.77. The molecular weight excluding hydrogens is 405 g/mol. The summed E-state index contributed by atoms with van der Waals surface area (Å²) in [6.07, 6.45) is 6.46. The Morgan fingerprint density at radius 2 is 1.93 bits per heavy atom. The Kier molecular flexibility index (Phi) is 6.77. The zero-order chi connectivity index (χ0) is 20.8. The summed E-state index contributed by atoms with van der Waals surface area (Å²) in [5, 5.41) is 19.7. The Hall–Kier alpha value is -2.99. The lowest BCUT2D eigenvalue weighted by Gasteiger charge is -2.32. The van der Waals surface area contributed by atoms with Gasteiger partial charge in [0.05, 0.1) is 28.1 Å². The van der Waals surface area contributed by atoms with Crippen molar-refractivity contribution in [2.24, 2.45) is 0 Å². The molecule has 0 aliphatic rings. The van der Waals surface area contributed by atoms with Gasteiger partial charge >= 0.3 is 0 Å². The molecule has 0 aliphatic carbocycles. The minimum Gasteiger partial charge on any atom is -0.335 e. The average molecular weight is 424 g/mol. The second-order valence-electron chi connectivity index (χ2n) is 6.42. The zero-order valence-electron chi connectivity index (χ0n) is 15.9. The van der Waals surface area contributed by atoms with E-state index < -0.39 is 0 Å². The number of hydrogen-bond acceptors (Lipinski definition) is 4. The molecule has 1 unspecified atom stereocenters. The molecule has 0 saturated carbocycles. The van der Waals surface area contributed by atoms with Crippen LogP contribution in [0.4, 0.5) is 5.82 Å². The minimum atomic E-state index is -0.114. The summed E-state index contributed by atoms with van der Waals surface area (Å²) in [4.78, 5) is 6.54. The monoisotopic (exact) mass is 423 g/mol. The largest absolute Gasteiger partial charge is 0.335 e. The van der Waals surface area contributed by atoms with Crippen molar-refractivity contribution in [2.45, 2.75) is 25.9 Å². The molecule has 0 bridgehead atoms. The second kappa shape index (κ2) is 9.47. The van der Waals surface area contributed by atoms with Gasteiger partial charge in [-0.3, -0.25) is 0 Å². The molecule has 146 valence electrons. The van der Waals surface area contributed by atoms with E-state index in [0.717, 1.165) is 17.8 Å². The van der Waals surface area contributed by atoms with Gasteiger partial charge in [-0.05, 0) is 24.6 Å². The van der Waals surface area contributed by atoms with Gasteiger partial charge in [-0.15, -0.1) is 0 Å². The number of benzene rings is 1. The maximum atomic E-state index is 9.70. The van der Waals surface area contributed by atoms with Crippen molar-refractivity contribution in [2.75, 3.05) is 11.4 Å². The van der Waals surface area contributed by atoms with Crippen LogP contribution in [-0.4, -0.2) is 16.1 Å². The maximum absolute atomic E-state index is 9.70. The van der Waals surface area contributed by atoms with E-state index in [9.17, 15) is 5.26 Å². The van der Waals surface area contributed by atoms with Crippen LogP contribution in [0.25, 0.3) is 11.1 Å². The average Bonchev–Trinajstić information content (AvgIpc) is 3.17. The fraction of sp³-hybridized carbons (Fsp3) is 0.227. The highest BCUT2D eigenvalue weighted by Crippen LogP contribution is 2.37. The Morgan fingerprint density at radius 3 is 2.59 bits per heavy atom. The van der Waals surface area contributed by atoms with E-state index in [2.05, 4.69) is 28.9 Å². The van der Waals surface area contributed by atoms with Gasteiger partial charge in [0.1, 0.15) is 18.1 Å². The van der Waals surface area contributed by atoms with Gasteiger partial charge in [0.2, 0.25) is 0 Å². The van der Waals surface area contributed by atoms with E-state index >= 15 is 0 Å². The summed E-state index contributed by atoms with van der Waals surface area (Å²) in [6, 6.07) is 15.5. The van der Waals surface area contributed by atoms with Gasteiger partial charge < -0.3 is 9.47 Å². The standard InChI is InChI=1S/C22H19Cl2N5/c1-2-21(29(12-6-10-25)20-9-3-4-11-27-20)28-14-16(13-26)18(15-28)17-7-5-8-19(23)22(17)24/h3-5,7-9,11,14-15,21H,2,6,12H2,1H3. The van der Waals surface area contributed by atoms with E-state index in [-0.39, 0.29) is 6.17 Å². The number of nitrogens with zero attached hydrogens (tertiary/aromatic N) is 5. The van der Waals surface area contributed by atoms with Crippen molar-refractivity contribution in [3.05, 3.63) is 70.6 Å². The van der Waals surface area contributed by atoms with Crippen molar-refractivity contribution >= 4 is 29.0 Å². The van der Waals surface area contributed by atoms with E-state index in [1.54, 1.807) is 12.3 Å². The molecular formula is C22H19Cl2N5. The number of halogens is 2. The predicted octanol–water partition coefficient (Wildman–Crippen LogP) is 6.06. The van der Waals surface area contributed by atoms with Crippen LogP contribution < -0.4 is 4.90 Å². The second-order valence-corrected chi connectivity index (χ2v) is 7.21. The third-order valence-electron chi connectivity index (χ3n) is 4.69. The molecule has 0 N–H and O–H groups in total. The molecule has 5 nitrogen and oxygen atoms in total. The van der Waals surface area contributed by atoms with Crippen molar-refractivity contribution in [1.82, 2.24) is 9.55 Å². The van der Waals surface area contributed by atoms with Crippen molar-refractivity contribution in [3.8, 4) is 23.3 Å². The van der Waals surface area contributed by atoms with Crippen molar-refractivity contribution in [1.29, 1.82) is 10.5 Å². The summed E-state index contributed by atoms with van der Waals surface area (Å²) in [7, 11) is 0. The first-order valence-corrected chi connectivity index (χ1v) is 9.96. The summed E-state index contributed by atoms with van der Waals surface area (Å²) < 4.78 is 1.98. The zero-order valence-corrected chi connectivity index (χ0v) is 17.4. The van der Waals surface area contributed by atoms with E-state index in [0.29, 0.717) is 34.1 Å². The first-order chi connectivity index (χ1) is 14.1. The predicted molar refractivity (Wildman–Crippen MR) is 116 cm³/mol. The third-order valence-corrected chi connectivity index (χ3v) is 5.50. The summed E-state index contributed by atoms with van der Waals surface area (Å²) in [5.74, 6) is 0.782. The highest BCUT2D eigenvalue weighted by atomic mass is 35.5. The van der Waals surface area contributed by atoms with Crippen molar-refractivity contribution in [3.63, 3.8) is 0 Å². The molecule has 2 heterocycles. The number of aromatic nitrogens is 2. The summed E-state index contributed by atoms with van der Waals surface area (Å²) in [5.41, 5.74) is 1.94. The summed E-state index contributed by atoms with van der Waals surface area (Å²) >= 11 is 12.6. The highest BCUT2D eigenvalue weighted by Gasteiger charge is 2.22. The van der Waals surface area contributed by atoms with Gasteiger partial charge in [-0.1, -0.05) is 48.3 Å². The van der Waals surface area contributed by atoms with Gasteiger partial charge in [0.25, 0.3) is 0 Å². The molecule has 0 radical (unpaired) electrons. The first-order valence-electron chi connectivity index (χ1n) is 9.21. The molecule has 3 aromatic rings. The third kappa shape index (κ3) is 4.38. The van der Waals surface area contributed by atoms with Crippen LogP contribution in [0.15, 0.2) is 55.0 Å². The molecule has 0 fully saturated rings. The van der Waals surface area contributed by atoms with Crippen LogP contribution in [0.3, 0.4) is 0 Å². The molecule has 0 saturated heterocycles. The minimum absolute atomic E-state index is 0.114. The molecule has 0 amide bonds. The molecule has 7 heteroatoms. The lowest BCUT2D eigenvalue weighted by Crippen LogP contribution is -2.33. The van der Waals surface area contributed by atoms with Gasteiger partial charge in [0, 0.05) is 36.3 Å². The highest BCUT2D eigenvalue weighted by molar-refractivity contribution is 6.43. The van der Waals surface area contributed by atoms with Crippen LogP contribution >= 0.6 is 23.2 Å². The Balaban J connectivity index is 2.07. The Morgan fingerprint density at radius 1 is 1.10 bits per heavy atom. The molecule has 2 aromatic heterocycles. The van der Waals surface area contributed by atoms with E-state index in [1.807, 2.05) is 47.3 Å². The van der Waals surface area contributed by atoms with Crippen LogP contribution in [0.1, 0.15) is 31.5 Å². The van der Waals surface area contributed by atoms with Gasteiger partial charge in [0.15, 0.2) is 0 Å². The molecule has 1 aromatic carbocycles. The van der Waals surface area contributed by atoms with E-state index in [4.69, 9.17) is 28.5 Å². The normalized spacial score (nSPS) is 11.5. The first kappa shape index (κ1) is 20.7. The summed E-state index contributed by atoms with van der Waals surface area (Å²) in [6.45, 7) is 2.59. The number of anilines is 1. The molecule has 0 spiro atoms. The molecule has 0 aliphatic heterocycles. The number of nitriles is 2. The quantitative estimate of drug-likeness (QED) is 0.463. The smallest absolute Gasteiger partial charge is 0.130 e. The number of pyridine rings is 1.